The molecular formula is C27H29BrO4. The third-order valence-corrected chi connectivity index (χ3v) is 7.11. The van der Waals surface area contributed by atoms with E-state index in [0.717, 1.165) is 16.7 Å². The second-order valence-electron chi connectivity index (χ2n) is 8.73. The van der Waals surface area contributed by atoms with Gasteiger partial charge in [-0.2, -0.15) is 0 Å². The standard InChI is InChI=1S/C27H29BrO4/c28-26-24(31)22(29)23(30)25(32-26)27(16-19-10-4-1-5-11-19,17-20-12-6-2-7-13-20)18-21-14-8-3-9-15-21/h1-15,22-26,29-31H,16-18H2/t22-,23+,24+,25-,26?/m1/s1. The molecular weight excluding hydrogens is 468 g/mol. The first-order chi connectivity index (χ1) is 15.5. The molecule has 1 aliphatic rings. The lowest BCUT2D eigenvalue weighted by Gasteiger charge is -2.49. The highest BCUT2D eigenvalue weighted by Gasteiger charge is 2.52. The van der Waals surface area contributed by atoms with E-state index in [9.17, 15) is 15.3 Å². The molecule has 1 fully saturated rings. The van der Waals surface area contributed by atoms with E-state index in [1.165, 1.54) is 0 Å². The van der Waals surface area contributed by atoms with E-state index in [4.69, 9.17) is 4.74 Å². The summed E-state index contributed by atoms with van der Waals surface area (Å²) in [5.74, 6) is 0. The predicted molar refractivity (Wildman–Crippen MR) is 128 cm³/mol. The first-order valence-electron chi connectivity index (χ1n) is 10.9. The lowest BCUT2D eigenvalue weighted by molar-refractivity contribution is -0.227. The van der Waals surface area contributed by atoms with E-state index in [-0.39, 0.29) is 0 Å². The molecule has 1 unspecified atom stereocenters. The summed E-state index contributed by atoms with van der Waals surface area (Å²) in [4.78, 5) is 0. The smallest absolute Gasteiger partial charge is 0.141 e. The number of alkyl halides is 1. The van der Waals surface area contributed by atoms with Crippen LogP contribution in [0.5, 0.6) is 0 Å². The second kappa shape index (κ2) is 10.3. The summed E-state index contributed by atoms with van der Waals surface area (Å²) in [7, 11) is 0. The van der Waals surface area contributed by atoms with Crippen LogP contribution in [0.3, 0.4) is 0 Å². The van der Waals surface area contributed by atoms with E-state index in [1.807, 2.05) is 54.6 Å². The van der Waals surface area contributed by atoms with Crippen LogP contribution in [0.4, 0.5) is 0 Å². The maximum Gasteiger partial charge on any atom is 0.141 e. The average molecular weight is 497 g/mol. The van der Waals surface area contributed by atoms with Gasteiger partial charge in [-0.3, -0.25) is 0 Å². The van der Waals surface area contributed by atoms with Crippen molar-refractivity contribution in [3.63, 3.8) is 0 Å². The molecule has 3 aromatic carbocycles. The number of aliphatic hydroxyl groups excluding tert-OH is 3. The van der Waals surface area contributed by atoms with Gasteiger partial charge in [-0.1, -0.05) is 107 Å². The number of aliphatic hydroxyl groups is 3. The highest BCUT2D eigenvalue weighted by atomic mass is 79.9. The van der Waals surface area contributed by atoms with Crippen molar-refractivity contribution in [2.24, 2.45) is 5.41 Å². The fourth-order valence-corrected chi connectivity index (χ4v) is 5.39. The van der Waals surface area contributed by atoms with Crippen molar-refractivity contribution >= 4 is 15.9 Å². The zero-order chi connectivity index (χ0) is 22.6. The molecule has 1 heterocycles. The lowest BCUT2D eigenvalue weighted by Crippen LogP contribution is -2.62. The molecule has 5 heteroatoms. The monoisotopic (exact) mass is 496 g/mol. The molecule has 0 amide bonds. The molecule has 0 aliphatic carbocycles. The Labute approximate surface area is 197 Å². The second-order valence-corrected chi connectivity index (χ2v) is 9.63. The van der Waals surface area contributed by atoms with Gasteiger partial charge < -0.3 is 20.1 Å². The van der Waals surface area contributed by atoms with Crippen molar-refractivity contribution in [2.45, 2.75) is 48.7 Å². The molecule has 5 atom stereocenters. The van der Waals surface area contributed by atoms with Crippen molar-refractivity contribution < 1.29 is 20.1 Å². The van der Waals surface area contributed by atoms with Crippen LogP contribution >= 0.6 is 15.9 Å². The quantitative estimate of drug-likeness (QED) is 0.433. The van der Waals surface area contributed by atoms with E-state index in [1.54, 1.807) is 0 Å². The molecule has 1 saturated heterocycles. The minimum atomic E-state index is -1.31. The summed E-state index contributed by atoms with van der Waals surface area (Å²) < 4.78 is 6.22. The summed E-state index contributed by atoms with van der Waals surface area (Å²) in [6, 6.07) is 30.5. The van der Waals surface area contributed by atoms with Gasteiger partial charge in [0.05, 0.1) is 6.10 Å². The Balaban J connectivity index is 1.82. The maximum atomic E-state index is 11.1. The van der Waals surface area contributed by atoms with Gasteiger partial charge in [0.15, 0.2) is 0 Å². The van der Waals surface area contributed by atoms with E-state index >= 15 is 0 Å². The van der Waals surface area contributed by atoms with Gasteiger partial charge in [-0.25, -0.2) is 0 Å². The van der Waals surface area contributed by atoms with Gasteiger partial charge in [0.25, 0.3) is 0 Å². The average Bonchev–Trinajstić information content (AvgIpc) is 2.82. The molecule has 0 saturated carbocycles. The van der Waals surface area contributed by atoms with Crippen molar-refractivity contribution in [2.75, 3.05) is 0 Å². The predicted octanol–water partition coefficient (Wildman–Crippen LogP) is 3.90. The van der Waals surface area contributed by atoms with Crippen molar-refractivity contribution in [3.05, 3.63) is 108 Å². The van der Waals surface area contributed by atoms with Crippen LogP contribution in [0, 0.1) is 5.41 Å². The Bertz CT molecular complexity index is 865. The molecule has 0 bridgehead atoms. The SMILES string of the molecule is O[C@@H]1[C@H](O)[C@H](C(Cc2ccccc2)(Cc2ccccc2)Cc2ccccc2)OC(Br)[C@H]1O. The van der Waals surface area contributed by atoms with Crippen molar-refractivity contribution in [1.29, 1.82) is 0 Å². The summed E-state index contributed by atoms with van der Waals surface area (Å²) in [6.45, 7) is 0. The van der Waals surface area contributed by atoms with Crippen molar-refractivity contribution in [1.82, 2.24) is 0 Å². The molecule has 3 aromatic rings. The van der Waals surface area contributed by atoms with E-state index < -0.39 is 34.8 Å². The Kier molecular flexibility index (Phi) is 7.44. The molecule has 0 aromatic heterocycles. The van der Waals surface area contributed by atoms with Gasteiger partial charge >= 0.3 is 0 Å². The fourth-order valence-electron chi connectivity index (χ4n) is 4.84. The van der Waals surface area contributed by atoms with Crippen molar-refractivity contribution in [3.8, 4) is 0 Å². The Morgan fingerprint density at radius 3 is 1.34 bits per heavy atom. The number of rotatable bonds is 7. The number of hydrogen-bond acceptors (Lipinski definition) is 4. The molecule has 168 valence electrons. The summed E-state index contributed by atoms with van der Waals surface area (Å²) in [6.07, 6.45) is -2.52. The summed E-state index contributed by atoms with van der Waals surface area (Å²) in [5, 5.41) is 31.3. The Morgan fingerprint density at radius 2 is 0.969 bits per heavy atom. The molecule has 3 N–H and O–H groups in total. The van der Waals surface area contributed by atoms with Gasteiger partial charge in [0.2, 0.25) is 0 Å². The van der Waals surface area contributed by atoms with E-state index in [0.29, 0.717) is 19.3 Å². The highest BCUT2D eigenvalue weighted by molar-refractivity contribution is 9.09. The summed E-state index contributed by atoms with van der Waals surface area (Å²) in [5.41, 5.74) is 2.81. The molecule has 32 heavy (non-hydrogen) atoms. The minimum absolute atomic E-state index is 0.573. The molecule has 4 rings (SSSR count). The van der Waals surface area contributed by atoms with Crippen LogP contribution in [0.15, 0.2) is 91.0 Å². The molecule has 4 nitrogen and oxygen atoms in total. The van der Waals surface area contributed by atoms with Crippen LogP contribution in [0.1, 0.15) is 16.7 Å². The van der Waals surface area contributed by atoms with Crippen LogP contribution in [0.2, 0.25) is 0 Å². The molecule has 0 radical (unpaired) electrons. The largest absolute Gasteiger partial charge is 0.388 e. The third kappa shape index (κ3) is 5.13. The third-order valence-electron chi connectivity index (χ3n) is 6.36. The molecule has 0 spiro atoms. The number of halogens is 1. The zero-order valence-corrected chi connectivity index (χ0v) is 19.4. The van der Waals surface area contributed by atoms with Gasteiger partial charge in [-0.15, -0.1) is 0 Å². The minimum Gasteiger partial charge on any atom is -0.388 e. The number of ether oxygens (including phenoxy) is 1. The van der Waals surface area contributed by atoms with Gasteiger partial charge in [0, 0.05) is 5.41 Å². The lowest BCUT2D eigenvalue weighted by atomic mass is 9.65. The van der Waals surface area contributed by atoms with Crippen LogP contribution in [0.25, 0.3) is 0 Å². The number of benzene rings is 3. The summed E-state index contributed by atoms with van der Waals surface area (Å²) >= 11 is 3.37. The highest BCUT2D eigenvalue weighted by Crippen LogP contribution is 2.43. The Hall–Kier alpha value is -2.02. The Morgan fingerprint density at radius 1 is 0.594 bits per heavy atom. The van der Waals surface area contributed by atoms with Crippen LogP contribution < -0.4 is 0 Å². The number of hydrogen-bond donors (Lipinski definition) is 3. The van der Waals surface area contributed by atoms with Gasteiger partial charge in [-0.05, 0) is 36.0 Å². The fraction of sp³-hybridized carbons (Fsp3) is 0.333. The molecule has 1 aliphatic heterocycles. The van der Waals surface area contributed by atoms with Gasteiger partial charge in [0.1, 0.15) is 23.3 Å². The maximum absolute atomic E-state index is 11.1. The van der Waals surface area contributed by atoms with Crippen LogP contribution in [-0.4, -0.2) is 44.7 Å². The topological polar surface area (TPSA) is 69.9 Å². The normalized spacial score (nSPS) is 26.1. The first-order valence-corrected chi connectivity index (χ1v) is 11.9. The van der Waals surface area contributed by atoms with Crippen LogP contribution in [-0.2, 0) is 24.0 Å². The first kappa shape index (κ1) is 23.1. The zero-order valence-electron chi connectivity index (χ0n) is 17.8. The van der Waals surface area contributed by atoms with E-state index in [2.05, 4.69) is 52.3 Å².